The molecule has 0 N–H and O–H groups in total. The standard InChI is InChI=1S/C13H20BrNO/c1-5-16-12-8-6-7-10(15-12)9-11(14)13(2,3)4/h6-8,11H,5,9H2,1-4H3. The highest BCUT2D eigenvalue weighted by molar-refractivity contribution is 9.09. The number of aromatic nitrogens is 1. The summed E-state index contributed by atoms with van der Waals surface area (Å²) in [4.78, 5) is 4.88. The van der Waals surface area contributed by atoms with Crippen LogP contribution in [0.15, 0.2) is 18.2 Å². The van der Waals surface area contributed by atoms with Crippen LogP contribution in [0.1, 0.15) is 33.4 Å². The maximum absolute atomic E-state index is 5.39. The first-order valence-corrected chi connectivity index (χ1v) is 6.58. The van der Waals surface area contributed by atoms with E-state index in [0.717, 1.165) is 12.1 Å². The number of pyridine rings is 1. The largest absolute Gasteiger partial charge is 0.478 e. The lowest BCUT2D eigenvalue weighted by Crippen LogP contribution is -2.22. The van der Waals surface area contributed by atoms with Gasteiger partial charge in [0.2, 0.25) is 5.88 Å². The number of nitrogens with zero attached hydrogens (tertiary/aromatic N) is 1. The Bertz CT molecular complexity index is 333. The molecule has 0 aliphatic rings. The Balaban J connectivity index is 2.70. The molecule has 0 radical (unpaired) electrons. The van der Waals surface area contributed by atoms with E-state index >= 15 is 0 Å². The highest BCUT2D eigenvalue weighted by Crippen LogP contribution is 2.28. The summed E-state index contributed by atoms with van der Waals surface area (Å²) in [6.07, 6.45) is 0.921. The van der Waals surface area contributed by atoms with Crippen molar-refractivity contribution in [3.05, 3.63) is 23.9 Å². The molecular weight excluding hydrogens is 266 g/mol. The maximum Gasteiger partial charge on any atom is 0.213 e. The summed E-state index contributed by atoms with van der Waals surface area (Å²) < 4.78 is 5.39. The van der Waals surface area contributed by atoms with Crippen molar-refractivity contribution in [1.29, 1.82) is 0 Å². The number of ether oxygens (including phenoxy) is 1. The fraction of sp³-hybridized carbons (Fsp3) is 0.615. The number of hydrogen-bond donors (Lipinski definition) is 0. The van der Waals surface area contributed by atoms with Gasteiger partial charge >= 0.3 is 0 Å². The van der Waals surface area contributed by atoms with Crippen molar-refractivity contribution in [1.82, 2.24) is 4.98 Å². The molecule has 3 heteroatoms. The highest BCUT2D eigenvalue weighted by Gasteiger charge is 2.22. The molecule has 0 saturated heterocycles. The van der Waals surface area contributed by atoms with Crippen molar-refractivity contribution in [2.75, 3.05) is 6.61 Å². The van der Waals surface area contributed by atoms with Gasteiger partial charge in [0.25, 0.3) is 0 Å². The fourth-order valence-corrected chi connectivity index (χ4v) is 1.62. The lowest BCUT2D eigenvalue weighted by molar-refractivity contribution is 0.324. The molecule has 1 atom stereocenters. The predicted molar refractivity (Wildman–Crippen MR) is 71.3 cm³/mol. The normalized spacial score (nSPS) is 13.6. The average Bonchev–Trinajstić information content (AvgIpc) is 2.17. The summed E-state index contributed by atoms with van der Waals surface area (Å²) >= 11 is 3.72. The van der Waals surface area contributed by atoms with Crippen molar-refractivity contribution >= 4 is 15.9 Å². The number of alkyl halides is 1. The van der Waals surface area contributed by atoms with Gasteiger partial charge in [-0.1, -0.05) is 42.8 Å². The Hall–Kier alpha value is -0.570. The van der Waals surface area contributed by atoms with Crippen molar-refractivity contribution < 1.29 is 4.74 Å². The molecular formula is C13H20BrNO. The SMILES string of the molecule is CCOc1cccc(CC(Br)C(C)(C)C)n1. The molecule has 16 heavy (non-hydrogen) atoms. The second-order valence-corrected chi connectivity index (χ2v) is 6.04. The van der Waals surface area contributed by atoms with E-state index in [1.54, 1.807) is 0 Å². The van der Waals surface area contributed by atoms with Crippen molar-refractivity contribution in [3.63, 3.8) is 0 Å². The van der Waals surface area contributed by atoms with Crippen LogP contribution in [0, 0.1) is 5.41 Å². The quantitative estimate of drug-likeness (QED) is 0.785. The van der Waals surface area contributed by atoms with Gasteiger partial charge < -0.3 is 4.74 Å². The minimum atomic E-state index is 0.239. The molecule has 1 aromatic rings. The van der Waals surface area contributed by atoms with E-state index in [9.17, 15) is 0 Å². The van der Waals surface area contributed by atoms with Crippen LogP contribution in [0.5, 0.6) is 5.88 Å². The van der Waals surface area contributed by atoms with Crippen molar-refractivity contribution in [2.45, 2.75) is 38.9 Å². The minimum Gasteiger partial charge on any atom is -0.478 e. The van der Waals surface area contributed by atoms with Crippen LogP contribution < -0.4 is 4.74 Å². The first-order chi connectivity index (χ1) is 7.43. The second-order valence-electron chi connectivity index (χ2n) is 4.94. The van der Waals surface area contributed by atoms with Gasteiger partial charge in [-0.2, -0.15) is 0 Å². The van der Waals surface area contributed by atoms with Gasteiger partial charge in [-0.15, -0.1) is 0 Å². The summed E-state index contributed by atoms with van der Waals surface area (Å²) in [5.41, 5.74) is 1.31. The topological polar surface area (TPSA) is 22.1 Å². The Morgan fingerprint density at radius 2 is 2.06 bits per heavy atom. The first-order valence-electron chi connectivity index (χ1n) is 5.66. The number of hydrogen-bond acceptors (Lipinski definition) is 2. The zero-order valence-corrected chi connectivity index (χ0v) is 12.0. The lowest BCUT2D eigenvalue weighted by atomic mass is 9.89. The third-order valence-electron chi connectivity index (χ3n) is 2.40. The van der Waals surface area contributed by atoms with Crippen molar-refractivity contribution in [2.24, 2.45) is 5.41 Å². The predicted octanol–water partition coefficient (Wildman–Crippen LogP) is 3.83. The highest BCUT2D eigenvalue weighted by atomic mass is 79.9. The van der Waals surface area contributed by atoms with E-state index in [1.165, 1.54) is 0 Å². The third kappa shape index (κ3) is 4.12. The summed E-state index contributed by atoms with van der Waals surface area (Å²) in [6, 6.07) is 5.94. The molecule has 2 nitrogen and oxygen atoms in total. The molecule has 1 rings (SSSR count). The van der Waals surface area contributed by atoms with Gasteiger partial charge in [0.15, 0.2) is 0 Å². The Labute approximate surface area is 107 Å². The molecule has 0 aliphatic heterocycles. The van der Waals surface area contributed by atoms with E-state index in [1.807, 2.05) is 25.1 Å². The fourth-order valence-electron chi connectivity index (χ4n) is 1.29. The minimum absolute atomic E-state index is 0.239. The van der Waals surface area contributed by atoms with Crippen molar-refractivity contribution in [3.8, 4) is 5.88 Å². The van der Waals surface area contributed by atoms with Gasteiger partial charge in [0, 0.05) is 23.0 Å². The molecule has 0 fully saturated rings. The van der Waals surface area contributed by atoms with Crippen LogP contribution in [0.25, 0.3) is 0 Å². The molecule has 0 aromatic carbocycles. The Morgan fingerprint density at radius 1 is 1.38 bits per heavy atom. The summed E-state index contributed by atoms with van der Waals surface area (Å²) in [6.45, 7) is 9.29. The first kappa shape index (κ1) is 13.5. The maximum atomic E-state index is 5.39. The van der Waals surface area contributed by atoms with Crippen LogP contribution in [0.4, 0.5) is 0 Å². The van der Waals surface area contributed by atoms with Crippen LogP contribution in [0.2, 0.25) is 0 Å². The van der Waals surface area contributed by atoms with Crippen LogP contribution in [-0.2, 0) is 6.42 Å². The second kappa shape index (κ2) is 5.67. The molecule has 0 saturated carbocycles. The Kier molecular flexibility index (Phi) is 4.78. The monoisotopic (exact) mass is 285 g/mol. The summed E-state index contributed by atoms with van der Waals surface area (Å²) in [7, 11) is 0. The Morgan fingerprint density at radius 3 is 2.62 bits per heavy atom. The number of halogens is 1. The summed E-state index contributed by atoms with van der Waals surface area (Å²) in [5.74, 6) is 0.716. The van der Waals surface area contributed by atoms with E-state index in [2.05, 4.69) is 41.7 Å². The van der Waals surface area contributed by atoms with Gasteiger partial charge in [-0.05, 0) is 18.4 Å². The van der Waals surface area contributed by atoms with Gasteiger partial charge in [0.05, 0.1) is 6.61 Å². The smallest absolute Gasteiger partial charge is 0.213 e. The zero-order chi connectivity index (χ0) is 12.2. The number of rotatable bonds is 4. The van der Waals surface area contributed by atoms with E-state index in [-0.39, 0.29) is 5.41 Å². The molecule has 1 unspecified atom stereocenters. The van der Waals surface area contributed by atoms with Gasteiger partial charge in [-0.25, -0.2) is 4.98 Å². The summed E-state index contributed by atoms with van der Waals surface area (Å²) in [5, 5.41) is 0. The van der Waals surface area contributed by atoms with E-state index in [0.29, 0.717) is 17.3 Å². The van der Waals surface area contributed by atoms with Crippen LogP contribution in [0.3, 0.4) is 0 Å². The molecule has 1 aromatic heterocycles. The lowest BCUT2D eigenvalue weighted by Gasteiger charge is -2.25. The average molecular weight is 286 g/mol. The van der Waals surface area contributed by atoms with Gasteiger partial charge in [0.1, 0.15) is 0 Å². The molecule has 0 spiro atoms. The zero-order valence-electron chi connectivity index (χ0n) is 10.5. The molecule has 0 bridgehead atoms. The molecule has 0 amide bonds. The van der Waals surface area contributed by atoms with E-state index < -0.39 is 0 Å². The van der Waals surface area contributed by atoms with Crippen LogP contribution >= 0.6 is 15.9 Å². The third-order valence-corrected chi connectivity index (χ3v) is 4.10. The van der Waals surface area contributed by atoms with Crippen LogP contribution in [-0.4, -0.2) is 16.4 Å². The van der Waals surface area contributed by atoms with Gasteiger partial charge in [-0.3, -0.25) is 0 Å². The molecule has 0 aliphatic carbocycles. The molecule has 90 valence electrons. The van der Waals surface area contributed by atoms with E-state index in [4.69, 9.17) is 4.74 Å². The molecule has 1 heterocycles.